The SMILES string of the molecule is COC(=O)c1ccc(NC(=O)c2cc(Cc3ccc(OC)cc3)[nH]n2)cc1. The Morgan fingerprint density at radius 3 is 2.37 bits per heavy atom. The van der Waals surface area contributed by atoms with Crippen LogP contribution in [-0.2, 0) is 11.2 Å². The highest BCUT2D eigenvalue weighted by Gasteiger charge is 2.12. The largest absolute Gasteiger partial charge is 0.497 e. The number of ether oxygens (including phenoxy) is 2. The lowest BCUT2D eigenvalue weighted by Gasteiger charge is -2.04. The molecule has 2 N–H and O–H groups in total. The molecule has 0 aliphatic carbocycles. The molecule has 0 atom stereocenters. The fraction of sp³-hybridized carbons (Fsp3) is 0.150. The van der Waals surface area contributed by atoms with Crippen LogP contribution in [0.4, 0.5) is 5.69 Å². The van der Waals surface area contributed by atoms with Gasteiger partial charge in [0.2, 0.25) is 0 Å². The van der Waals surface area contributed by atoms with E-state index in [1.54, 1.807) is 37.4 Å². The van der Waals surface area contributed by atoms with E-state index in [2.05, 4.69) is 20.3 Å². The number of hydrogen-bond donors (Lipinski definition) is 2. The molecule has 3 rings (SSSR count). The third kappa shape index (κ3) is 4.52. The van der Waals surface area contributed by atoms with Gasteiger partial charge in [0.25, 0.3) is 5.91 Å². The van der Waals surface area contributed by atoms with Crippen molar-refractivity contribution in [3.8, 4) is 5.75 Å². The van der Waals surface area contributed by atoms with Gasteiger partial charge in [-0.05, 0) is 48.0 Å². The van der Waals surface area contributed by atoms with E-state index in [9.17, 15) is 9.59 Å². The quantitative estimate of drug-likeness (QED) is 0.655. The summed E-state index contributed by atoms with van der Waals surface area (Å²) in [6.07, 6.45) is 0.623. The number of carbonyl (C=O) groups is 2. The summed E-state index contributed by atoms with van der Waals surface area (Å²) in [5.74, 6) is 0.0306. The first-order valence-corrected chi connectivity index (χ1v) is 8.26. The van der Waals surface area contributed by atoms with Crippen molar-refractivity contribution < 1.29 is 19.1 Å². The van der Waals surface area contributed by atoms with E-state index in [0.29, 0.717) is 17.7 Å². The van der Waals surface area contributed by atoms with Gasteiger partial charge in [-0.25, -0.2) is 4.79 Å². The zero-order valence-electron chi connectivity index (χ0n) is 15.0. The molecule has 0 saturated carbocycles. The molecule has 7 heteroatoms. The number of anilines is 1. The van der Waals surface area contributed by atoms with Crippen LogP contribution in [0.1, 0.15) is 32.1 Å². The lowest BCUT2D eigenvalue weighted by atomic mass is 10.1. The van der Waals surface area contributed by atoms with Gasteiger partial charge in [0, 0.05) is 17.8 Å². The van der Waals surface area contributed by atoms with Gasteiger partial charge in [0.05, 0.1) is 19.8 Å². The summed E-state index contributed by atoms with van der Waals surface area (Å²) in [6.45, 7) is 0. The zero-order chi connectivity index (χ0) is 19.2. The minimum absolute atomic E-state index is 0.288. The van der Waals surface area contributed by atoms with E-state index in [0.717, 1.165) is 17.0 Å². The number of amides is 1. The van der Waals surface area contributed by atoms with Crippen molar-refractivity contribution in [2.24, 2.45) is 0 Å². The van der Waals surface area contributed by atoms with Gasteiger partial charge in [-0.3, -0.25) is 9.89 Å². The molecule has 3 aromatic rings. The van der Waals surface area contributed by atoms with Crippen LogP contribution in [-0.4, -0.2) is 36.3 Å². The Morgan fingerprint density at radius 2 is 1.74 bits per heavy atom. The van der Waals surface area contributed by atoms with Crippen LogP contribution in [0.15, 0.2) is 54.6 Å². The minimum atomic E-state index is -0.427. The van der Waals surface area contributed by atoms with Gasteiger partial charge < -0.3 is 14.8 Å². The maximum Gasteiger partial charge on any atom is 0.337 e. The van der Waals surface area contributed by atoms with Crippen LogP contribution in [0.2, 0.25) is 0 Å². The molecule has 0 aliphatic rings. The van der Waals surface area contributed by atoms with Crippen molar-refractivity contribution in [2.75, 3.05) is 19.5 Å². The number of rotatable bonds is 6. The van der Waals surface area contributed by atoms with Gasteiger partial charge in [-0.1, -0.05) is 12.1 Å². The molecule has 0 fully saturated rings. The molecule has 27 heavy (non-hydrogen) atoms. The molecule has 1 heterocycles. The van der Waals surface area contributed by atoms with Crippen molar-refractivity contribution >= 4 is 17.6 Å². The normalized spacial score (nSPS) is 10.3. The Morgan fingerprint density at radius 1 is 1.04 bits per heavy atom. The third-order valence-electron chi connectivity index (χ3n) is 3.98. The summed E-state index contributed by atoms with van der Waals surface area (Å²) in [5, 5.41) is 9.69. The Hall–Kier alpha value is -3.61. The number of carbonyl (C=O) groups excluding carboxylic acids is 2. The second-order valence-corrected chi connectivity index (χ2v) is 5.83. The van der Waals surface area contributed by atoms with Crippen LogP contribution in [0, 0.1) is 0 Å². The molecular formula is C20H19N3O4. The number of nitrogens with zero attached hydrogens (tertiary/aromatic N) is 1. The van der Waals surface area contributed by atoms with Gasteiger partial charge in [0.1, 0.15) is 5.75 Å². The molecule has 0 radical (unpaired) electrons. The highest BCUT2D eigenvalue weighted by Crippen LogP contribution is 2.15. The Kier molecular flexibility index (Phi) is 5.51. The van der Waals surface area contributed by atoms with Crippen LogP contribution < -0.4 is 10.1 Å². The maximum atomic E-state index is 12.3. The summed E-state index contributed by atoms with van der Waals surface area (Å²) in [6, 6.07) is 15.8. The van der Waals surface area contributed by atoms with E-state index in [-0.39, 0.29) is 11.6 Å². The average molecular weight is 365 g/mol. The molecule has 2 aromatic carbocycles. The number of H-pyrrole nitrogens is 1. The number of benzene rings is 2. The molecular weight excluding hydrogens is 346 g/mol. The van der Waals surface area contributed by atoms with Gasteiger partial charge >= 0.3 is 5.97 Å². The summed E-state index contributed by atoms with van der Waals surface area (Å²) in [7, 11) is 2.94. The van der Waals surface area contributed by atoms with Crippen molar-refractivity contribution in [3.63, 3.8) is 0 Å². The predicted molar refractivity (Wildman–Crippen MR) is 100 cm³/mol. The van der Waals surface area contributed by atoms with Crippen LogP contribution >= 0.6 is 0 Å². The smallest absolute Gasteiger partial charge is 0.337 e. The zero-order valence-corrected chi connectivity index (χ0v) is 15.0. The molecule has 0 bridgehead atoms. The summed E-state index contributed by atoms with van der Waals surface area (Å²) in [5.41, 5.74) is 3.16. The highest BCUT2D eigenvalue weighted by atomic mass is 16.5. The van der Waals surface area contributed by atoms with Crippen molar-refractivity contribution in [1.82, 2.24) is 10.2 Å². The second kappa shape index (κ2) is 8.18. The number of aromatic amines is 1. The fourth-order valence-electron chi connectivity index (χ4n) is 2.53. The highest BCUT2D eigenvalue weighted by molar-refractivity contribution is 6.03. The van der Waals surface area contributed by atoms with E-state index in [4.69, 9.17) is 4.74 Å². The molecule has 0 spiro atoms. The van der Waals surface area contributed by atoms with Crippen molar-refractivity contribution in [2.45, 2.75) is 6.42 Å². The number of esters is 1. The molecule has 7 nitrogen and oxygen atoms in total. The van der Waals surface area contributed by atoms with Crippen molar-refractivity contribution in [3.05, 3.63) is 77.1 Å². The fourth-order valence-corrected chi connectivity index (χ4v) is 2.53. The maximum absolute atomic E-state index is 12.3. The van der Waals surface area contributed by atoms with Gasteiger partial charge in [-0.15, -0.1) is 0 Å². The lowest BCUT2D eigenvalue weighted by Crippen LogP contribution is -2.12. The molecule has 0 unspecified atom stereocenters. The topological polar surface area (TPSA) is 93.3 Å². The van der Waals surface area contributed by atoms with E-state index in [1.165, 1.54) is 7.11 Å². The number of hydrogen-bond acceptors (Lipinski definition) is 5. The predicted octanol–water partition coefficient (Wildman–Crippen LogP) is 3.05. The lowest BCUT2D eigenvalue weighted by molar-refractivity contribution is 0.0600. The Balaban J connectivity index is 1.63. The summed E-state index contributed by atoms with van der Waals surface area (Å²) in [4.78, 5) is 23.8. The van der Waals surface area contributed by atoms with Crippen LogP contribution in [0.3, 0.4) is 0 Å². The van der Waals surface area contributed by atoms with E-state index in [1.807, 2.05) is 24.3 Å². The van der Waals surface area contributed by atoms with Crippen LogP contribution in [0.25, 0.3) is 0 Å². The Labute approximate surface area is 156 Å². The molecule has 0 saturated heterocycles. The third-order valence-corrected chi connectivity index (χ3v) is 3.98. The average Bonchev–Trinajstić information content (AvgIpc) is 3.17. The van der Waals surface area contributed by atoms with Gasteiger partial charge in [-0.2, -0.15) is 5.10 Å². The first kappa shape index (κ1) is 18.2. The standard InChI is InChI=1S/C20H19N3O4/c1-26-17-9-3-13(4-10-17)11-16-12-18(23-22-16)19(24)21-15-7-5-14(6-8-15)20(25)27-2/h3-10,12H,11H2,1-2H3,(H,21,24)(H,22,23). The van der Waals surface area contributed by atoms with Crippen LogP contribution in [0.5, 0.6) is 5.75 Å². The summed E-state index contributed by atoms with van der Waals surface area (Å²) >= 11 is 0. The van der Waals surface area contributed by atoms with E-state index < -0.39 is 5.97 Å². The van der Waals surface area contributed by atoms with E-state index >= 15 is 0 Å². The molecule has 0 aliphatic heterocycles. The number of methoxy groups -OCH3 is 2. The molecule has 138 valence electrons. The first-order chi connectivity index (χ1) is 13.1. The van der Waals surface area contributed by atoms with Crippen molar-refractivity contribution in [1.29, 1.82) is 0 Å². The summed E-state index contributed by atoms with van der Waals surface area (Å²) < 4.78 is 9.78. The molecule has 1 aromatic heterocycles. The first-order valence-electron chi connectivity index (χ1n) is 8.26. The number of aromatic nitrogens is 2. The second-order valence-electron chi connectivity index (χ2n) is 5.83. The number of nitrogens with one attached hydrogen (secondary N) is 2. The minimum Gasteiger partial charge on any atom is -0.497 e. The monoisotopic (exact) mass is 365 g/mol. The van der Waals surface area contributed by atoms with Gasteiger partial charge in [0.15, 0.2) is 5.69 Å². The Bertz CT molecular complexity index is 931. The molecule has 1 amide bonds.